The van der Waals surface area contributed by atoms with E-state index in [1.54, 1.807) is 11.3 Å². The Morgan fingerprint density at radius 1 is 1.38 bits per heavy atom. The first-order chi connectivity index (χ1) is 11.6. The van der Waals surface area contributed by atoms with Crippen LogP contribution >= 0.6 is 11.3 Å². The lowest BCUT2D eigenvalue weighted by molar-refractivity contribution is 0.507. The maximum Gasteiger partial charge on any atom is 0.191 e. The molecule has 0 saturated heterocycles. The Bertz CT molecular complexity index is 643. The van der Waals surface area contributed by atoms with Crippen molar-refractivity contribution >= 4 is 17.3 Å². The van der Waals surface area contributed by atoms with Gasteiger partial charge < -0.3 is 15.2 Å². The van der Waals surface area contributed by atoms with Gasteiger partial charge >= 0.3 is 0 Å². The SMILES string of the molecule is CCNC(=NCc1nccn1CC(C)C)NCCc1csc(C)n1. The van der Waals surface area contributed by atoms with Crippen LogP contribution < -0.4 is 10.6 Å². The Labute approximate surface area is 148 Å². The molecule has 6 nitrogen and oxygen atoms in total. The van der Waals surface area contributed by atoms with E-state index in [-0.39, 0.29) is 0 Å². The van der Waals surface area contributed by atoms with Gasteiger partial charge in [0.05, 0.1) is 10.7 Å². The molecular weight excluding hydrogens is 320 g/mol. The van der Waals surface area contributed by atoms with Crippen LogP contribution in [0.5, 0.6) is 0 Å². The molecule has 0 fully saturated rings. The molecule has 2 N–H and O–H groups in total. The van der Waals surface area contributed by atoms with Crippen LogP contribution in [-0.2, 0) is 19.5 Å². The van der Waals surface area contributed by atoms with Crippen molar-refractivity contribution in [2.24, 2.45) is 10.9 Å². The maximum absolute atomic E-state index is 4.65. The van der Waals surface area contributed by atoms with Gasteiger partial charge in [0.1, 0.15) is 12.4 Å². The zero-order chi connectivity index (χ0) is 17.4. The third-order valence-electron chi connectivity index (χ3n) is 3.43. The molecule has 0 aliphatic heterocycles. The quantitative estimate of drug-likeness (QED) is 0.568. The molecular formula is C17H28N6S. The summed E-state index contributed by atoms with van der Waals surface area (Å²) in [5.74, 6) is 2.41. The third kappa shape index (κ3) is 5.96. The third-order valence-corrected chi connectivity index (χ3v) is 4.25. The molecule has 0 bridgehead atoms. The molecule has 132 valence electrons. The molecule has 0 amide bonds. The smallest absolute Gasteiger partial charge is 0.191 e. The fourth-order valence-electron chi connectivity index (χ4n) is 2.37. The van der Waals surface area contributed by atoms with E-state index in [1.807, 2.05) is 19.3 Å². The van der Waals surface area contributed by atoms with E-state index in [2.05, 4.69) is 56.3 Å². The average molecular weight is 349 g/mol. The number of nitrogens with zero attached hydrogens (tertiary/aromatic N) is 4. The Morgan fingerprint density at radius 3 is 2.88 bits per heavy atom. The van der Waals surface area contributed by atoms with Gasteiger partial charge in [-0.3, -0.25) is 0 Å². The maximum atomic E-state index is 4.65. The summed E-state index contributed by atoms with van der Waals surface area (Å²) < 4.78 is 2.18. The van der Waals surface area contributed by atoms with Crippen LogP contribution in [0.1, 0.15) is 37.3 Å². The second-order valence-electron chi connectivity index (χ2n) is 6.12. The van der Waals surface area contributed by atoms with Gasteiger partial charge in [0.15, 0.2) is 5.96 Å². The molecule has 24 heavy (non-hydrogen) atoms. The van der Waals surface area contributed by atoms with Gasteiger partial charge in [-0.2, -0.15) is 0 Å². The molecule has 0 aromatic carbocycles. The summed E-state index contributed by atoms with van der Waals surface area (Å²) in [5.41, 5.74) is 1.13. The molecule has 2 heterocycles. The lowest BCUT2D eigenvalue weighted by Gasteiger charge is -2.12. The minimum Gasteiger partial charge on any atom is -0.357 e. The van der Waals surface area contributed by atoms with Crippen molar-refractivity contribution < 1.29 is 0 Å². The highest BCUT2D eigenvalue weighted by atomic mass is 32.1. The number of thiazole rings is 1. The first-order valence-corrected chi connectivity index (χ1v) is 9.39. The van der Waals surface area contributed by atoms with Gasteiger partial charge in [-0.25, -0.2) is 15.0 Å². The molecule has 7 heteroatoms. The number of guanidine groups is 1. The van der Waals surface area contributed by atoms with Gasteiger partial charge in [0.2, 0.25) is 0 Å². The van der Waals surface area contributed by atoms with Crippen molar-refractivity contribution in [2.45, 2.75) is 47.2 Å². The van der Waals surface area contributed by atoms with Crippen LogP contribution in [0.15, 0.2) is 22.8 Å². The molecule has 2 aromatic rings. The lowest BCUT2D eigenvalue weighted by atomic mass is 10.2. The van der Waals surface area contributed by atoms with E-state index in [0.717, 1.165) is 48.5 Å². The first kappa shape index (κ1) is 18.4. The van der Waals surface area contributed by atoms with E-state index >= 15 is 0 Å². The number of imidazole rings is 1. The summed E-state index contributed by atoms with van der Waals surface area (Å²) in [5, 5.41) is 9.88. The van der Waals surface area contributed by atoms with Gasteiger partial charge in [-0.05, 0) is 19.8 Å². The molecule has 0 radical (unpaired) electrons. The Hall–Kier alpha value is -1.89. The number of rotatable bonds is 8. The van der Waals surface area contributed by atoms with Crippen LogP contribution in [0.3, 0.4) is 0 Å². The molecule has 0 saturated carbocycles. The standard InChI is InChI=1S/C17H28N6S/c1-5-18-17(20-7-6-15-12-24-14(4)22-15)21-10-16-19-8-9-23(16)11-13(2)3/h8-9,12-13H,5-7,10-11H2,1-4H3,(H2,18,20,21). The van der Waals surface area contributed by atoms with Crippen molar-refractivity contribution in [1.29, 1.82) is 0 Å². The van der Waals surface area contributed by atoms with Crippen LogP contribution in [0.25, 0.3) is 0 Å². The van der Waals surface area contributed by atoms with Crippen molar-refractivity contribution in [3.63, 3.8) is 0 Å². The van der Waals surface area contributed by atoms with Gasteiger partial charge in [0, 0.05) is 43.8 Å². The molecule has 2 aromatic heterocycles. The Kier molecular flexibility index (Phi) is 7.24. The molecule has 0 aliphatic rings. The fourth-order valence-corrected chi connectivity index (χ4v) is 3.02. The molecule has 0 unspecified atom stereocenters. The Balaban J connectivity index is 1.89. The second-order valence-corrected chi connectivity index (χ2v) is 7.18. The van der Waals surface area contributed by atoms with Crippen LogP contribution in [0, 0.1) is 12.8 Å². The van der Waals surface area contributed by atoms with E-state index in [0.29, 0.717) is 12.5 Å². The van der Waals surface area contributed by atoms with Crippen molar-refractivity contribution in [1.82, 2.24) is 25.2 Å². The molecule has 0 spiro atoms. The van der Waals surface area contributed by atoms with Gasteiger partial charge in [-0.1, -0.05) is 13.8 Å². The Morgan fingerprint density at radius 2 is 2.21 bits per heavy atom. The summed E-state index contributed by atoms with van der Waals surface area (Å²) >= 11 is 1.69. The highest BCUT2D eigenvalue weighted by Crippen LogP contribution is 2.08. The summed E-state index contributed by atoms with van der Waals surface area (Å²) in [6, 6.07) is 0. The summed E-state index contributed by atoms with van der Waals surface area (Å²) in [7, 11) is 0. The highest BCUT2D eigenvalue weighted by Gasteiger charge is 2.05. The highest BCUT2D eigenvalue weighted by molar-refractivity contribution is 7.09. The fraction of sp³-hybridized carbons (Fsp3) is 0.588. The largest absolute Gasteiger partial charge is 0.357 e. The number of hydrogen-bond acceptors (Lipinski definition) is 4. The summed E-state index contributed by atoms with van der Waals surface area (Å²) in [4.78, 5) is 13.6. The normalized spacial score (nSPS) is 12.0. The zero-order valence-electron chi connectivity index (χ0n) is 15.0. The monoisotopic (exact) mass is 348 g/mol. The second kappa shape index (κ2) is 9.42. The minimum absolute atomic E-state index is 0.574. The average Bonchev–Trinajstić information content (AvgIpc) is 3.13. The summed E-state index contributed by atoms with van der Waals surface area (Å²) in [6.45, 7) is 11.7. The van der Waals surface area contributed by atoms with Crippen LogP contribution in [0.2, 0.25) is 0 Å². The first-order valence-electron chi connectivity index (χ1n) is 8.51. The topological polar surface area (TPSA) is 67.1 Å². The van der Waals surface area contributed by atoms with Crippen molar-refractivity contribution in [3.8, 4) is 0 Å². The van der Waals surface area contributed by atoms with Crippen molar-refractivity contribution in [3.05, 3.63) is 34.3 Å². The molecule has 0 aliphatic carbocycles. The number of aliphatic imine (C=N–C) groups is 1. The van der Waals surface area contributed by atoms with Gasteiger partial charge in [-0.15, -0.1) is 11.3 Å². The van der Waals surface area contributed by atoms with Crippen LogP contribution in [0.4, 0.5) is 0 Å². The van der Waals surface area contributed by atoms with Gasteiger partial charge in [0.25, 0.3) is 0 Å². The lowest BCUT2D eigenvalue weighted by Crippen LogP contribution is -2.38. The number of hydrogen-bond donors (Lipinski definition) is 2. The number of aryl methyl sites for hydroxylation is 1. The van der Waals surface area contributed by atoms with E-state index < -0.39 is 0 Å². The molecule has 2 rings (SSSR count). The zero-order valence-corrected chi connectivity index (χ0v) is 15.9. The predicted octanol–water partition coefficient (Wildman–Crippen LogP) is 2.60. The molecule has 0 atom stereocenters. The van der Waals surface area contributed by atoms with E-state index in [9.17, 15) is 0 Å². The minimum atomic E-state index is 0.574. The van der Waals surface area contributed by atoms with E-state index in [1.165, 1.54) is 0 Å². The summed E-state index contributed by atoms with van der Waals surface area (Å²) in [6.07, 6.45) is 4.77. The number of nitrogens with one attached hydrogen (secondary N) is 2. The van der Waals surface area contributed by atoms with E-state index in [4.69, 9.17) is 0 Å². The predicted molar refractivity (Wildman–Crippen MR) is 100 cm³/mol. The van der Waals surface area contributed by atoms with Crippen LogP contribution in [-0.4, -0.2) is 33.6 Å². The number of aromatic nitrogens is 3. The van der Waals surface area contributed by atoms with Crippen molar-refractivity contribution in [2.75, 3.05) is 13.1 Å².